The second-order valence-corrected chi connectivity index (χ2v) is 6.16. The Hall–Kier alpha value is -2.53. The fourth-order valence-corrected chi connectivity index (χ4v) is 2.83. The van der Waals surface area contributed by atoms with Crippen molar-refractivity contribution in [1.29, 1.82) is 0 Å². The number of amides is 1. The summed E-state index contributed by atoms with van der Waals surface area (Å²) in [5.41, 5.74) is 1.78. The lowest BCUT2D eigenvalue weighted by Crippen LogP contribution is -2.57. The van der Waals surface area contributed by atoms with Gasteiger partial charge < -0.3 is 19.5 Å². The highest BCUT2D eigenvalue weighted by molar-refractivity contribution is 5.83. The minimum atomic E-state index is -1.16. The minimum Gasteiger partial charge on any atom is -0.497 e. The topological polar surface area (TPSA) is 59.0 Å². The number of carbonyl (C=O) groups is 1. The number of rotatable bonds is 6. The molecule has 1 aliphatic rings. The van der Waals surface area contributed by atoms with Crippen molar-refractivity contribution in [2.75, 3.05) is 20.2 Å². The molecule has 2 aromatic rings. The van der Waals surface area contributed by atoms with Crippen LogP contribution in [0.5, 0.6) is 11.5 Å². The van der Waals surface area contributed by atoms with Gasteiger partial charge in [0.2, 0.25) is 0 Å². The first-order valence-electron chi connectivity index (χ1n) is 8.47. The Kier molecular flexibility index (Phi) is 5.24. The molecule has 0 saturated carbocycles. The molecule has 1 heterocycles. The van der Waals surface area contributed by atoms with Crippen molar-refractivity contribution in [2.24, 2.45) is 0 Å². The third kappa shape index (κ3) is 3.94. The third-order valence-electron chi connectivity index (χ3n) is 4.43. The highest BCUT2D eigenvalue weighted by Crippen LogP contribution is 2.24. The molecule has 1 saturated heterocycles. The molecule has 0 radical (unpaired) electrons. The number of methoxy groups -OCH3 is 1. The first-order chi connectivity index (χ1) is 12.1. The normalized spacial score (nSPS) is 15.4. The first-order valence-corrected chi connectivity index (χ1v) is 8.47. The van der Waals surface area contributed by atoms with Crippen LogP contribution >= 0.6 is 0 Å². The zero-order valence-corrected chi connectivity index (χ0v) is 14.5. The lowest BCUT2D eigenvalue weighted by molar-refractivity contribution is -0.149. The maximum Gasteiger partial charge on any atom is 0.256 e. The second-order valence-electron chi connectivity index (χ2n) is 6.16. The molecular formula is C20H23NO4. The predicted molar refractivity (Wildman–Crippen MR) is 94.8 cm³/mol. The Bertz CT molecular complexity index is 723. The summed E-state index contributed by atoms with van der Waals surface area (Å²) in [6.07, 6.45) is -0.227. The van der Waals surface area contributed by atoms with Crippen molar-refractivity contribution in [3.8, 4) is 11.5 Å². The number of benzene rings is 2. The molecule has 2 aromatic carbocycles. The predicted octanol–water partition coefficient (Wildman–Crippen LogP) is 2.58. The first kappa shape index (κ1) is 17.3. The summed E-state index contributed by atoms with van der Waals surface area (Å²) in [5, 5.41) is 10.3. The molecule has 0 unspecified atom stereocenters. The lowest BCUT2D eigenvalue weighted by Gasteiger charge is -2.40. The molecule has 3 rings (SSSR count). The van der Waals surface area contributed by atoms with Crippen LogP contribution in [0.2, 0.25) is 0 Å². The number of aryl methyl sites for hydroxylation is 1. The molecule has 5 nitrogen and oxygen atoms in total. The third-order valence-corrected chi connectivity index (χ3v) is 4.43. The van der Waals surface area contributed by atoms with Gasteiger partial charge in [-0.3, -0.25) is 4.79 Å². The van der Waals surface area contributed by atoms with Crippen LogP contribution in [0.3, 0.4) is 0 Å². The van der Waals surface area contributed by atoms with Gasteiger partial charge in [0.05, 0.1) is 20.2 Å². The van der Waals surface area contributed by atoms with Gasteiger partial charge in [0.25, 0.3) is 5.91 Å². The van der Waals surface area contributed by atoms with Crippen molar-refractivity contribution in [2.45, 2.75) is 25.6 Å². The molecule has 0 aliphatic carbocycles. The molecule has 0 bridgehead atoms. The number of ether oxygens (including phenoxy) is 2. The fraction of sp³-hybridized carbons (Fsp3) is 0.350. The van der Waals surface area contributed by atoms with Gasteiger partial charge in [-0.2, -0.15) is 0 Å². The van der Waals surface area contributed by atoms with E-state index in [9.17, 15) is 9.90 Å². The monoisotopic (exact) mass is 341 g/mol. The van der Waals surface area contributed by atoms with E-state index in [-0.39, 0.29) is 12.0 Å². The van der Waals surface area contributed by atoms with Crippen molar-refractivity contribution >= 4 is 5.91 Å². The Morgan fingerprint density at radius 3 is 2.56 bits per heavy atom. The highest BCUT2D eigenvalue weighted by Gasteiger charge is 2.35. The average Bonchev–Trinajstić information content (AvgIpc) is 2.63. The molecule has 1 fully saturated rings. The van der Waals surface area contributed by atoms with Gasteiger partial charge >= 0.3 is 0 Å². The summed E-state index contributed by atoms with van der Waals surface area (Å²) < 4.78 is 11.0. The van der Waals surface area contributed by atoms with Crippen molar-refractivity contribution in [3.05, 3.63) is 59.7 Å². The fourth-order valence-electron chi connectivity index (χ4n) is 2.83. The van der Waals surface area contributed by atoms with E-state index in [1.165, 1.54) is 5.56 Å². The van der Waals surface area contributed by atoms with Gasteiger partial charge in [-0.05, 0) is 41.8 Å². The van der Waals surface area contributed by atoms with Gasteiger partial charge in [-0.1, -0.05) is 31.2 Å². The van der Waals surface area contributed by atoms with E-state index < -0.39 is 6.10 Å². The maximum absolute atomic E-state index is 12.4. The van der Waals surface area contributed by atoms with E-state index in [0.29, 0.717) is 24.4 Å². The smallest absolute Gasteiger partial charge is 0.256 e. The van der Waals surface area contributed by atoms with Crippen LogP contribution in [-0.2, 0) is 11.2 Å². The number of hydrogen-bond donors (Lipinski definition) is 1. The van der Waals surface area contributed by atoms with E-state index in [2.05, 4.69) is 13.0 Å². The number of hydrogen-bond acceptors (Lipinski definition) is 4. The molecule has 0 spiro atoms. The van der Waals surface area contributed by atoms with E-state index in [0.717, 1.165) is 12.2 Å². The van der Waals surface area contributed by atoms with Gasteiger partial charge in [0.15, 0.2) is 6.10 Å². The Morgan fingerprint density at radius 2 is 1.92 bits per heavy atom. The standard InChI is InChI=1S/C20H23NO4/c1-3-14-5-4-6-17(11-14)25-18-12-21(13-18)20(23)19(22)15-7-9-16(24-2)10-8-15/h4-11,18-19,22H,3,12-13H2,1-2H3/t19-/m1/s1. The molecule has 25 heavy (non-hydrogen) atoms. The number of likely N-dealkylation sites (tertiary alicyclic amines) is 1. The van der Waals surface area contributed by atoms with Crippen molar-refractivity contribution in [1.82, 2.24) is 4.90 Å². The van der Waals surface area contributed by atoms with Gasteiger partial charge in [0.1, 0.15) is 17.6 Å². The molecule has 1 N–H and O–H groups in total. The summed E-state index contributed by atoms with van der Waals surface area (Å²) in [4.78, 5) is 14.0. The van der Waals surface area contributed by atoms with Crippen LogP contribution in [0, 0.1) is 0 Å². The summed E-state index contributed by atoms with van der Waals surface area (Å²) in [7, 11) is 1.58. The Morgan fingerprint density at radius 1 is 1.20 bits per heavy atom. The maximum atomic E-state index is 12.4. The van der Waals surface area contributed by atoms with E-state index in [1.54, 1.807) is 36.3 Å². The average molecular weight is 341 g/mol. The SMILES string of the molecule is CCc1cccc(OC2CN(C(=O)[C@H](O)c3ccc(OC)cc3)C2)c1. The number of nitrogens with zero attached hydrogens (tertiary/aromatic N) is 1. The largest absolute Gasteiger partial charge is 0.497 e. The zero-order valence-electron chi connectivity index (χ0n) is 14.5. The quantitative estimate of drug-likeness (QED) is 0.877. The number of carbonyl (C=O) groups excluding carboxylic acids is 1. The summed E-state index contributed by atoms with van der Waals surface area (Å²) in [6.45, 7) is 3.08. The van der Waals surface area contributed by atoms with E-state index in [1.807, 2.05) is 18.2 Å². The van der Waals surface area contributed by atoms with Crippen LogP contribution in [0.1, 0.15) is 24.2 Å². The summed E-state index contributed by atoms with van der Waals surface area (Å²) in [6, 6.07) is 14.9. The van der Waals surface area contributed by atoms with Crippen LogP contribution in [0.4, 0.5) is 0 Å². The van der Waals surface area contributed by atoms with Crippen LogP contribution < -0.4 is 9.47 Å². The van der Waals surface area contributed by atoms with Crippen molar-refractivity contribution in [3.63, 3.8) is 0 Å². The Balaban J connectivity index is 1.53. The van der Waals surface area contributed by atoms with E-state index >= 15 is 0 Å². The molecule has 1 atom stereocenters. The van der Waals surface area contributed by atoms with E-state index in [4.69, 9.17) is 9.47 Å². The molecule has 0 aromatic heterocycles. The van der Waals surface area contributed by atoms with Crippen LogP contribution in [-0.4, -0.2) is 42.2 Å². The summed E-state index contributed by atoms with van der Waals surface area (Å²) in [5.74, 6) is 1.22. The minimum absolute atomic E-state index is 0.0286. The number of aliphatic hydroxyl groups is 1. The molecular weight excluding hydrogens is 318 g/mol. The van der Waals surface area contributed by atoms with Gasteiger partial charge in [-0.25, -0.2) is 0 Å². The second kappa shape index (κ2) is 7.57. The molecule has 1 aliphatic heterocycles. The highest BCUT2D eigenvalue weighted by atomic mass is 16.5. The summed E-state index contributed by atoms with van der Waals surface area (Å²) >= 11 is 0. The van der Waals surface area contributed by atoms with Gasteiger partial charge in [0, 0.05) is 0 Å². The molecule has 132 valence electrons. The molecule has 1 amide bonds. The lowest BCUT2D eigenvalue weighted by atomic mass is 10.0. The number of aliphatic hydroxyl groups excluding tert-OH is 1. The van der Waals surface area contributed by atoms with Crippen LogP contribution in [0.25, 0.3) is 0 Å². The molecule has 5 heteroatoms. The van der Waals surface area contributed by atoms with Gasteiger partial charge in [-0.15, -0.1) is 0 Å². The Labute approximate surface area is 147 Å². The van der Waals surface area contributed by atoms with Crippen LogP contribution in [0.15, 0.2) is 48.5 Å². The van der Waals surface area contributed by atoms with Crippen molar-refractivity contribution < 1.29 is 19.4 Å². The zero-order chi connectivity index (χ0) is 17.8.